The molecule has 0 unspecified atom stereocenters. The molecule has 0 radical (unpaired) electrons. The summed E-state index contributed by atoms with van der Waals surface area (Å²) in [5.41, 5.74) is 9.04. The van der Waals surface area contributed by atoms with Crippen molar-refractivity contribution in [2.45, 2.75) is 12.1 Å². The molecule has 0 saturated heterocycles. The van der Waals surface area contributed by atoms with Crippen molar-refractivity contribution in [3.63, 3.8) is 0 Å². The van der Waals surface area contributed by atoms with Crippen molar-refractivity contribution in [1.29, 1.82) is 0 Å². The van der Waals surface area contributed by atoms with Crippen LogP contribution < -0.4 is 5.32 Å². The topological polar surface area (TPSA) is 26.1 Å². The van der Waals surface area contributed by atoms with Gasteiger partial charge in [0.1, 0.15) is 0 Å². The average Bonchev–Trinajstić information content (AvgIpc) is 3.20. The molecule has 0 aliphatic rings. The molecule has 0 fully saturated rings. The Bertz CT molecular complexity index is 2070. The molecule has 0 aliphatic heterocycles. The van der Waals surface area contributed by atoms with Gasteiger partial charge in [0.15, 0.2) is 0 Å². The van der Waals surface area contributed by atoms with Crippen LogP contribution in [0.25, 0.3) is 38.0 Å². The molecular weight excluding hydrogens is 707 g/mol. The maximum Gasteiger partial charge on any atom is 0.0767 e. The molecule has 0 amide bonds. The molecule has 1 N–H and O–H groups in total. The fraction of sp³-hybridized carbons (Fsp3) is 0.0435. The zero-order valence-corrected chi connectivity index (χ0v) is 30.3. The van der Waals surface area contributed by atoms with Crippen LogP contribution in [-0.2, 0) is 13.1 Å². The second-order valence-electron chi connectivity index (χ2n) is 12.2. The van der Waals surface area contributed by atoms with Crippen molar-refractivity contribution in [3.05, 3.63) is 222 Å². The number of nitrogens with one attached hydrogen (secondary N) is 1. The first-order chi connectivity index (χ1) is 25.2. The Morgan fingerprint density at radius 2 is 0.804 bits per heavy atom. The van der Waals surface area contributed by atoms with E-state index in [1.165, 1.54) is 32.7 Å². The van der Waals surface area contributed by atoms with Gasteiger partial charge in [-0.05, 0) is 44.3 Å². The van der Waals surface area contributed by atoms with E-state index in [1.807, 2.05) is 0 Å². The number of rotatable bonds is 9. The van der Waals surface area contributed by atoms with Crippen LogP contribution in [0, 0.1) is 0 Å². The normalized spacial score (nSPS) is 11.0. The molecule has 0 heterocycles. The minimum Gasteiger partial charge on any atom is -0.674 e. The number of hydrogen-bond donors (Lipinski definition) is 1. The fourth-order valence-electron chi connectivity index (χ4n) is 6.85. The fourth-order valence-corrected chi connectivity index (χ4v) is 6.85. The van der Waals surface area contributed by atoms with E-state index in [2.05, 4.69) is 199 Å². The minimum absolute atomic E-state index is 0.0518. The number of benzene rings is 8. The SMILES string of the molecule is [Cl][Fe+][Cl].c1ccc(C([N-]c2ccc3ccccc3c2-c2c(NC(c3ccccc3)c3ccccc3)ccc3ccccc23)c2ccccc2)cc1. The molecule has 0 aromatic heterocycles. The Morgan fingerprint density at radius 1 is 0.412 bits per heavy atom. The number of halogens is 2. The van der Waals surface area contributed by atoms with E-state index in [1.54, 1.807) is 0 Å². The number of hydrogen-bond acceptors (Lipinski definition) is 1. The monoisotopic (exact) mass is 741 g/mol. The third-order valence-corrected chi connectivity index (χ3v) is 9.15. The van der Waals surface area contributed by atoms with Crippen LogP contribution in [-0.4, -0.2) is 0 Å². The van der Waals surface area contributed by atoms with Crippen molar-refractivity contribution in [1.82, 2.24) is 0 Å². The smallest absolute Gasteiger partial charge is 0.0767 e. The zero-order valence-electron chi connectivity index (χ0n) is 27.7. The van der Waals surface area contributed by atoms with Crippen LogP contribution in [0.2, 0.25) is 0 Å². The summed E-state index contributed by atoms with van der Waals surface area (Å²) in [5.74, 6) is 0. The molecule has 251 valence electrons. The van der Waals surface area contributed by atoms with Gasteiger partial charge in [0.2, 0.25) is 0 Å². The second kappa shape index (κ2) is 16.8. The molecule has 8 rings (SSSR count). The van der Waals surface area contributed by atoms with Gasteiger partial charge in [0.05, 0.1) is 6.04 Å². The Morgan fingerprint density at radius 3 is 1.29 bits per heavy atom. The van der Waals surface area contributed by atoms with Crippen LogP contribution in [0.4, 0.5) is 11.4 Å². The van der Waals surface area contributed by atoms with Crippen molar-refractivity contribution < 1.29 is 13.1 Å². The summed E-state index contributed by atoms with van der Waals surface area (Å²) < 4.78 is 0. The Labute approximate surface area is 314 Å². The Balaban J connectivity index is 0.00000131. The molecule has 2 nitrogen and oxygen atoms in total. The summed E-state index contributed by atoms with van der Waals surface area (Å²) in [4.78, 5) is 0. The van der Waals surface area contributed by atoms with Gasteiger partial charge in [-0.25, -0.2) is 0 Å². The van der Waals surface area contributed by atoms with Crippen molar-refractivity contribution in [2.75, 3.05) is 5.32 Å². The molecule has 8 aromatic rings. The van der Waals surface area contributed by atoms with E-state index >= 15 is 0 Å². The maximum atomic E-state index is 5.64. The first-order valence-corrected chi connectivity index (χ1v) is 19.8. The van der Waals surface area contributed by atoms with Crippen LogP contribution >= 0.6 is 20.2 Å². The summed E-state index contributed by atoms with van der Waals surface area (Å²) in [5, 5.41) is 14.4. The van der Waals surface area contributed by atoms with E-state index in [-0.39, 0.29) is 25.2 Å². The Kier molecular flexibility index (Phi) is 11.3. The van der Waals surface area contributed by atoms with Gasteiger partial charge in [0, 0.05) is 11.3 Å². The predicted molar refractivity (Wildman–Crippen MR) is 215 cm³/mol. The van der Waals surface area contributed by atoms with Gasteiger partial charge < -0.3 is 10.6 Å². The first kappa shape index (κ1) is 34.4. The van der Waals surface area contributed by atoms with E-state index in [0.717, 1.165) is 33.6 Å². The first-order valence-electron chi connectivity index (χ1n) is 16.8. The molecule has 8 aromatic carbocycles. The number of anilines is 1. The summed E-state index contributed by atoms with van der Waals surface area (Å²) in [6.45, 7) is 0. The van der Waals surface area contributed by atoms with Crippen LogP contribution in [0.1, 0.15) is 34.3 Å². The van der Waals surface area contributed by atoms with Crippen molar-refractivity contribution in [2.24, 2.45) is 0 Å². The molecular formula is C46H35Cl2FeN2. The molecule has 51 heavy (non-hydrogen) atoms. The van der Waals surface area contributed by atoms with E-state index in [4.69, 9.17) is 25.5 Å². The summed E-state index contributed by atoms with van der Waals surface area (Å²) in [6, 6.07) is 68.7. The van der Waals surface area contributed by atoms with Crippen molar-refractivity contribution >= 4 is 53.1 Å². The van der Waals surface area contributed by atoms with Gasteiger partial charge in [0.25, 0.3) is 0 Å². The third-order valence-electron chi connectivity index (χ3n) is 9.15. The molecule has 5 heteroatoms. The molecule has 0 bridgehead atoms. The van der Waals surface area contributed by atoms with Crippen molar-refractivity contribution in [3.8, 4) is 11.1 Å². The summed E-state index contributed by atoms with van der Waals surface area (Å²) in [7, 11) is 9.53. The van der Waals surface area contributed by atoms with Gasteiger partial charge in [-0.2, -0.15) is 0 Å². The van der Waals surface area contributed by atoms with Crippen LogP contribution in [0.15, 0.2) is 194 Å². The zero-order chi connectivity index (χ0) is 34.8. The number of nitrogens with zero attached hydrogens (tertiary/aromatic N) is 1. The molecule has 0 saturated carbocycles. The minimum atomic E-state index is -0.167. The quantitative estimate of drug-likeness (QED) is 0.146. The largest absolute Gasteiger partial charge is 0.674 e. The van der Waals surface area contributed by atoms with E-state index in [0.29, 0.717) is 0 Å². The van der Waals surface area contributed by atoms with Gasteiger partial charge >= 0.3 is 33.3 Å². The van der Waals surface area contributed by atoms with Gasteiger partial charge in [-0.3, -0.25) is 0 Å². The van der Waals surface area contributed by atoms with E-state index < -0.39 is 0 Å². The molecule has 0 spiro atoms. The van der Waals surface area contributed by atoms with Crippen LogP contribution in [0.3, 0.4) is 0 Å². The molecule has 0 atom stereocenters. The second-order valence-corrected chi connectivity index (χ2v) is 14.0. The van der Waals surface area contributed by atoms with E-state index in [9.17, 15) is 0 Å². The Hall–Kier alpha value is -5.02. The third kappa shape index (κ3) is 7.83. The van der Waals surface area contributed by atoms with Crippen LogP contribution in [0.5, 0.6) is 0 Å². The average molecular weight is 743 g/mol. The van der Waals surface area contributed by atoms with Gasteiger partial charge in [-0.15, -0.1) is 5.69 Å². The van der Waals surface area contributed by atoms with Gasteiger partial charge in [-0.1, -0.05) is 205 Å². The maximum absolute atomic E-state index is 5.64. The standard InChI is InChI=1S/C46H35N2.2ClH.Fe/c1-5-19-35(20-6-1)45(36-21-7-2-8-22-36)47-41-31-29-33-17-13-15-27-39(33)43(41)44-40-28-16-14-18-34(40)30-32-42(44)48-46(37-23-9-3-10-24-37)38-25-11-4-12-26-38;;;/h1-32,45-47H;2*1H;/q-1;;;+3/p-2. The summed E-state index contributed by atoms with van der Waals surface area (Å²) >= 11 is 0.194. The molecule has 0 aliphatic carbocycles. The summed E-state index contributed by atoms with van der Waals surface area (Å²) in [6.07, 6.45) is 0. The predicted octanol–water partition coefficient (Wildman–Crippen LogP) is 14.0. The number of fused-ring (bicyclic) bond motifs is 2.